The topological polar surface area (TPSA) is 25.2 Å². The quantitative estimate of drug-likeness (QED) is 0.850. The Morgan fingerprint density at radius 1 is 1.32 bits per heavy atom. The lowest BCUT2D eigenvalue weighted by Crippen LogP contribution is -2.21. The van der Waals surface area contributed by atoms with E-state index in [-0.39, 0.29) is 11.9 Å². The van der Waals surface area contributed by atoms with Crippen LogP contribution in [0.15, 0.2) is 41.0 Å². The van der Waals surface area contributed by atoms with E-state index in [1.807, 2.05) is 24.3 Å². The minimum atomic E-state index is -0.140. The molecule has 0 aliphatic carbocycles. The molecule has 2 rings (SSSR count). The van der Waals surface area contributed by atoms with Gasteiger partial charge in [-0.25, -0.2) is 4.39 Å². The average molecular weight is 261 g/mol. The average Bonchev–Trinajstić information content (AvgIpc) is 2.91. The maximum Gasteiger partial charge on any atom is 0.126 e. The monoisotopic (exact) mass is 261 g/mol. The first kappa shape index (κ1) is 13.8. The molecular formula is C16H20FNO. The second-order valence-corrected chi connectivity index (χ2v) is 4.74. The zero-order chi connectivity index (χ0) is 13.7. The highest BCUT2D eigenvalue weighted by atomic mass is 19.1. The summed E-state index contributed by atoms with van der Waals surface area (Å²) >= 11 is 0. The molecule has 1 aromatic heterocycles. The zero-order valence-electron chi connectivity index (χ0n) is 11.4. The van der Waals surface area contributed by atoms with Crippen molar-refractivity contribution in [3.63, 3.8) is 0 Å². The summed E-state index contributed by atoms with van der Waals surface area (Å²) in [4.78, 5) is 0. The van der Waals surface area contributed by atoms with E-state index < -0.39 is 0 Å². The Hall–Kier alpha value is -1.61. The van der Waals surface area contributed by atoms with Gasteiger partial charge in [0.2, 0.25) is 0 Å². The molecule has 0 spiro atoms. The number of hydrogen-bond donors (Lipinski definition) is 1. The summed E-state index contributed by atoms with van der Waals surface area (Å²) in [6.07, 6.45) is 3.42. The molecule has 19 heavy (non-hydrogen) atoms. The number of aryl methyl sites for hydroxylation is 2. The Kier molecular flexibility index (Phi) is 4.74. The van der Waals surface area contributed by atoms with Gasteiger partial charge in [0.15, 0.2) is 0 Å². The predicted octanol–water partition coefficient (Wildman–Crippen LogP) is 4.01. The lowest BCUT2D eigenvalue weighted by molar-refractivity contribution is 0.457. The molecule has 2 aromatic rings. The van der Waals surface area contributed by atoms with E-state index in [0.717, 1.165) is 30.7 Å². The van der Waals surface area contributed by atoms with Crippen LogP contribution in [0.2, 0.25) is 0 Å². The summed E-state index contributed by atoms with van der Waals surface area (Å²) in [6.45, 7) is 4.70. The normalized spacial score (nSPS) is 12.6. The minimum Gasteiger partial charge on any atom is -0.469 e. The number of hydrogen-bond acceptors (Lipinski definition) is 2. The fraction of sp³-hybridized carbons (Fsp3) is 0.375. The summed E-state index contributed by atoms with van der Waals surface area (Å²) in [7, 11) is 0. The van der Waals surface area contributed by atoms with Crippen LogP contribution < -0.4 is 5.32 Å². The van der Waals surface area contributed by atoms with Crippen molar-refractivity contribution in [2.24, 2.45) is 0 Å². The Labute approximate surface area is 113 Å². The number of benzene rings is 1. The van der Waals surface area contributed by atoms with Gasteiger partial charge in [0.05, 0.1) is 6.26 Å². The third-order valence-corrected chi connectivity index (χ3v) is 3.31. The van der Waals surface area contributed by atoms with Crippen LogP contribution in [0, 0.1) is 12.7 Å². The Bertz CT molecular complexity index is 507. The predicted molar refractivity (Wildman–Crippen MR) is 74.6 cm³/mol. The molecule has 0 saturated carbocycles. The van der Waals surface area contributed by atoms with Crippen molar-refractivity contribution in [1.29, 1.82) is 0 Å². The first-order valence-electron chi connectivity index (χ1n) is 6.72. The molecule has 3 heteroatoms. The highest BCUT2D eigenvalue weighted by molar-refractivity contribution is 5.26. The van der Waals surface area contributed by atoms with Crippen molar-refractivity contribution >= 4 is 0 Å². The van der Waals surface area contributed by atoms with Gasteiger partial charge in [-0.3, -0.25) is 0 Å². The van der Waals surface area contributed by atoms with E-state index in [1.165, 1.54) is 0 Å². The fourth-order valence-corrected chi connectivity index (χ4v) is 2.20. The zero-order valence-corrected chi connectivity index (χ0v) is 11.4. The highest BCUT2D eigenvalue weighted by Gasteiger charge is 2.12. The van der Waals surface area contributed by atoms with E-state index in [1.54, 1.807) is 19.3 Å². The first-order valence-corrected chi connectivity index (χ1v) is 6.72. The second kappa shape index (κ2) is 6.53. The molecule has 0 amide bonds. The van der Waals surface area contributed by atoms with Gasteiger partial charge >= 0.3 is 0 Å². The second-order valence-electron chi connectivity index (χ2n) is 4.74. The summed E-state index contributed by atoms with van der Waals surface area (Å²) in [5, 5.41) is 3.40. The van der Waals surface area contributed by atoms with Crippen molar-refractivity contribution in [2.45, 2.75) is 32.7 Å². The Morgan fingerprint density at radius 3 is 2.79 bits per heavy atom. The van der Waals surface area contributed by atoms with E-state index in [0.29, 0.717) is 5.56 Å². The molecule has 102 valence electrons. The molecule has 1 aromatic carbocycles. The SMILES string of the molecule is CCNC(CCc1ccco1)c1ccc(C)c(F)c1. The first-order chi connectivity index (χ1) is 9.20. The Balaban J connectivity index is 2.07. The van der Waals surface area contributed by atoms with E-state index in [2.05, 4.69) is 12.2 Å². The maximum absolute atomic E-state index is 13.6. The number of furan rings is 1. The molecule has 1 N–H and O–H groups in total. The van der Waals surface area contributed by atoms with Gasteiger partial charge in [0, 0.05) is 12.5 Å². The van der Waals surface area contributed by atoms with E-state index in [4.69, 9.17) is 4.42 Å². The molecule has 0 bridgehead atoms. The minimum absolute atomic E-state index is 0.140. The Morgan fingerprint density at radius 2 is 2.16 bits per heavy atom. The molecule has 0 saturated heterocycles. The third kappa shape index (κ3) is 3.67. The lowest BCUT2D eigenvalue weighted by Gasteiger charge is -2.18. The molecular weight excluding hydrogens is 241 g/mol. The van der Waals surface area contributed by atoms with E-state index in [9.17, 15) is 4.39 Å². The number of halogens is 1. The molecule has 0 fully saturated rings. The smallest absolute Gasteiger partial charge is 0.126 e. The van der Waals surface area contributed by atoms with Gasteiger partial charge in [-0.05, 0) is 49.2 Å². The van der Waals surface area contributed by atoms with Crippen LogP contribution in [-0.4, -0.2) is 6.54 Å². The third-order valence-electron chi connectivity index (χ3n) is 3.31. The summed E-state index contributed by atoms with van der Waals surface area (Å²) in [5.41, 5.74) is 1.68. The summed E-state index contributed by atoms with van der Waals surface area (Å²) < 4.78 is 19.0. The van der Waals surface area contributed by atoms with Crippen LogP contribution in [-0.2, 0) is 6.42 Å². The molecule has 1 atom stereocenters. The molecule has 2 nitrogen and oxygen atoms in total. The fourth-order valence-electron chi connectivity index (χ4n) is 2.20. The van der Waals surface area contributed by atoms with Crippen molar-refractivity contribution in [3.05, 3.63) is 59.3 Å². The van der Waals surface area contributed by atoms with Crippen molar-refractivity contribution in [2.75, 3.05) is 6.54 Å². The van der Waals surface area contributed by atoms with Crippen LogP contribution in [0.5, 0.6) is 0 Å². The molecule has 1 unspecified atom stereocenters. The van der Waals surface area contributed by atoms with Crippen LogP contribution in [0.4, 0.5) is 4.39 Å². The standard InChI is InChI=1S/C16H20FNO/c1-3-18-16(9-8-14-5-4-10-19-14)13-7-6-12(2)15(17)11-13/h4-7,10-11,16,18H,3,8-9H2,1-2H3. The maximum atomic E-state index is 13.6. The molecule has 0 radical (unpaired) electrons. The number of nitrogens with one attached hydrogen (secondary N) is 1. The van der Waals surface area contributed by atoms with Crippen molar-refractivity contribution in [1.82, 2.24) is 5.32 Å². The van der Waals surface area contributed by atoms with Gasteiger partial charge in [0.1, 0.15) is 11.6 Å². The lowest BCUT2D eigenvalue weighted by atomic mass is 9.99. The van der Waals surface area contributed by atoms with Gasteiger partial charge in [-0.2, -0.15) is 0 Å². The summed E-state index contributed by atoms with van der Waals surface area (Å²) in [6, 6.07) is 9.48. The number of rotatable bonds is 6. The summed E-state index contributed by atoms with van der Waals surface area (Å²) in [5.74, 6) is 0.828. The van der Waals surface area contributed by atoms with Gasteiger partial charge in [-0.15, -0.1) is 0 Å². The van der Waals surface area contributed by atoms with E-state index >= 15 is 0 Å². The molecule has 0 aliphatic rings. The van der Waals surface area contributed by atoms with Crippen molar-refractivity contribution in [3.8, 4) is 0 Å². The van der Waals surface area contributed by atoms with Crippen LogP contribution in [0.1, 0.15) is 36.3 Å². The van der Waals surface area contributed by atoms with Gasteiger partial charge < -0.3 is 9.73 Å². The van der Waals surface area contributed by atoms with Crippen LogP contribution >= 0.6 is 0 Å². The highest BCUT2D eigenvalue weighted by Crippen LogP contribution is 2.21. The van der Waals surface area contributed by atoms with Gasteiger partial charge in [-0.1, -0.05) is 19.1 Å². The molecule has 1 heterocycles. The van der Waals surface area contributed by atoms with Gasteiger partial charge in [0.25, 0.3) is 0 Å². The molecule has 0 aliphatic heterocycles. The van der Waals surface area contributed by atoms with Crippen molar-refractivity contribution < 1.29 is 8.81 Å². The largest absolute Gasteiger partial charge is 0.469 e. The van der Waals surface area contributed by atoms with Crippen LogP contribution in [0.25, 0.3) is 0 Å². The van der Waals surface area contributed by atoms with Crippen LogP contribution in [0.3, 0.4) is 0 Å².